The number of rotatable bonds is 8. The molecule has 4 heteroatoms. The third-order valence-electron chi connectivity index (χ3n) is 3.98. The van der Waals surface area contributed by atoms with Crippen LogP contribution in [0.4, 0.5) is 0 Å². The molecule has 0 unspecified atom stereocenters. The summed E-state index contributed by atoms with van der Waals surface area (Å²) < 4.78 is 12.0. The van der Waals surface area contributed by atoms with Crippen LogP contribution >= 0.6 is 15.9 Å². The summed E-state index contributed by atoms with van der Waals surface area (Å²) in [7, 11) is 1.74. The van der Waals surface area contributed by atoms with E-state index in [0.717, 1.165) is 55.8 Å². The summed E-state index contributed by atoms with van der Waals surface area (Å²) in [5.41, 5.74) is 2.94. The van der Waals surface area contributed by atoms with Gasteiger partial charge in [-0.2, -0.15) is 0 Å². The first kappa shape index (κ1) is 16.8. The molecule has 0 saturated heterocycles. The molecule has 1 aromatic carbocycles. The highest BCUT2D eigenvalue weighted by Crippen LogP contribution is 2.35. The Morgan fingerprint density at radius 2 is 2.19 bits per heavy atom. The highest BCUT2D eigenvalue weighted by Gasteiger charge is 2.21. The lowest BCUT2D eigenvalue weighted by molar-refractivity contribution is 0.193. The molecule has 1 N–H and O–H groups in total. The Balaban J connectivity index is 1.90. The maximum absolute atomic E-state index is 5.81. The van der Waals surface area contributed by atoms with Crippen molar-refractivity contribution in [3.63, 3.8) is 0 Å². The van der Waals surface area contributed by atoms with E-state index < -0.39 is 0 Å². The largest absolute Gasteiger partial charge is 0.493 e. The minimum absolute atomic E-state index is 0.265. The Bertz CT molecular complexity index is 474. The van der Waals surface area contributed by atoms with Crippen molar-refractivity contribution in [2.24, 2.45) is 5.41 Å². The molecule has 0 amide bonds. The minimum Gasteiger partial charge on any atom is -0.493 e. The van der Waals surface area contributed by atoms with Crippen LogP contribution in [-0.4, -0.2) is 33.4 Å². The van der Waals surface area contributed by atoms with Crippen LogP contribution in [-0.2, 0) is 17.6 Å². The number of halogens is 1. The Kier molecular flexibility index (Phi) is 6.08. The van der Waals surface area contributed by atoms with Gasteiger partial charge in [0.1, 0.15) is 5.75 Å². The molecule has 0 saturated carbocycles. The van der Waals surface area contributed by atoms with Gasteiger partial charge in [0, 0.05) is 31.1 Å². The second-order valence-electron chi connectivity index (χ2n) is 6.49. The van der Waals surface area contributed by atoms with Crippen LogP contribution < -0.4 is 10.1 Å². The molecule has 0 radical (unpaired) electrons. The highest BCUT2D eigenvalue weighted by molar-refractivity contribution is 9.10. The summed E-state index contributed by atoms with van der Waals surface area (Å²) in [6, 6.07) is 4.39. The van der Waals surface area contributed by atoms with Gasteiger partial charge in [-0.1, -0.05) is 29.8 Å². The summed E-state index contributed by atoms with van der Waals surface area (Å²) in [4.78, 5) is 0. The third-order valence-corrected chi connectivity index (χ3v) is 4.44. The normalized spacial score (nSPS) is 14.1. The van der Waals surface area contributed by atoms with Crippen LogP contribution in [0.15, 0.2) is 16.6 Å². The molecule has 21 heavy (non-hydrogen) atoms. The first-order valence-electron chi connectivity index (χ1n) is 7.65. The van der Waals surface area contributed by atoms with E-state index >= 15 is 0 Å². The SMILES string of the molecule is COCCNCC(C)(C)CCc1cc(Br)cc2c1OCC2. The molecule has 1 aliphatic heterocycles. The molecule has 1 heterocycles. The zero-order valence-corrected chi connectivity index (χ0v) is 14.9. The van der Waals surface area contributed by atoms with Gasteiger partial charge in [-0.25, -0.2) is 0 Å². The number of benzene rings is 1. The van der Waals surface area contributed by atoms with Crippen LogP contribution in [0.3, 0.4) is 0 Å². The average molecular weight is 356 g/mol. The number of methoxy groups -OCH3 is 1. The zero-order chi connectivity index (χ0) is 15.3. The number of hydrogen-bond acceptors (Lipinski definition) is 3. The maximum Gasteiger partial charge on any atom is 0.125 e. The van der Waals surface area contributed by atoms with Gasteiger partial charge in [0.05, 0.1) is 13.2 Å². The van der Waals surface area contributed by atoms with Crippen molar-refractivity contribution in [3.05, 3.63) is 27.7 Å². The van der Waals surface area contributed by atoms with Crippen molar-refractivity contribution in [1.82, 2.24) is 5.32 Å². The van der Waals surface area contributed by atoms with Gasteiger partial charge in [-0.3, -0.25) is 0 Å². The average Bonchev–Trinajstić information content (AvgIpc) is 2.89. The Labute approximate surface area is 136 Å². The van der Waals surface area contributed by atoms with E-state index in [1.165, 1.54) is 11.1 Å². The lowest BCUT2D eigenvalue weighted by atomic mass is 9.85. The first-order valence-corrected chi connectivity index (χ1v) is 8.45. The van der Waals surface area contributed by atoms with Crippen molar-refractivity contribution in [2.45, 2.75) is 33.1 Å². The van der Waals surface area contributed by atoms with Gasteiger partial charge < -0.3 is 14.8 Å². The van der Waals surface area contributed by atoms with E-state index in [1.807, 2.05) is 0 Å². The summed E-state index contributed by atoms with van der Waals surface area (Å²) in [6.07, 6.45) is 3.23. The number of nitrogens with one attached hydrogen (secondary N) is 1. The molecule has 0 spiro atoms. The molecule has 0 bridgehead atoms. The number of hydrogen-bond donors (Lipinski definition) is 1. The van der Waals surface area contributed by atoms with Crippen molar-refractivity contribution in [3.8, 4) is 5.75 Å². The van der Waals surface area contributed by atoms with Crippen molar-refractivity contribution >= 4 is 15.9 Å². The van der Waals surface area contributed by atoms with E-state index in [0.29, 0.717) is 0 Å². The molecular formula is C17H26BrNO2. The van der Waals surface area contributed by atoms with E-state index in [4.69, 9.17) is 9.47 Å². The van der Waals surface area contributed by atoms with Crippen molar-refractivity contribution in [2.75, 3.05) is 33.4 Å². The topological polar surface area (TPSA) is 30.5 Å². The van der Waals surface area contributed by atoms with Crippen LogP contribution in [0.1, 0.15) is 31.4 Å². The summed E-state index contributed by atoms with van der Waals surface area (Å²) in [6.45, 7) is 8.13. The number of fused-ring (bicyclic) bond motifs is 1. The van der Waals surface area contributed by atoms with Gasteiger partial charge in [0.25, 0.3) is 0 Å². The van der Waals surface area contributed by atoms with E-state index in [-0.39, 0.29) is 5.41 Å². The fourth-order valence-electron chi connectivity index (χ4n) is 2.69. The first-order chi connectivity index (χ1) is 10.0. The van der Waals surface area contributed by atoms with Crippen LogP contribution in [0, 0.1) is 5.41 Å². The minimum atomic E-state index is 0.265. The van der Waals surface area contributed by atoms with Crippen LogP contribution in [0.2, 0.25) is 0 Å². The van der Waals surface area contributed by atoms with E-state index in [2.05, 4.69) is 47.2 Å². The third kappa shape index (κ3) is 4.97. The molecular weight excluding hydrogens is 330 g/mol. The Hall–Kier alpha value is -0.580. The van der Waals surface area contributed by atoms with Crippen LogP contribution in [0.25, 0.3) is 0 Å². The standard InChI is InChI=1S/C17H26BrNO2/c1-17(2,12-19-7-9-20-3)6-4-13-10-15(18)11-14-5-8-21-16(13)14/h10-11,19H,4-9,12H2,1-3H3. The molecule has 0 aromatic heterocycles. The smallest absolute Gasteiger partial charge is 0.125 e. The highest BCUT2D eigenvalue weighted by atomic mass is 79.9. The molecule has 118 valence electrons. The van der Waals surface area contributed by atoms with Crippen LogP contribution in [0.5, 0.6) is 5.75 Å². The molecule has 1 aliphatic rings. The Morgan fingerprint density at radius 3 is 2.95 bits per heavy atom. The lowest BCUT2D eigenvalue weighted by Gasteiger charge is -2.25. The summed E-state index contributed by atoms with van der Waals surface area (Å²) in [5, 5.41) is 3.46. The Morgan fingerprint density at radius 1 is 1.38 bits per heavy atom. The van der Waals surface area contributed by atoms with Gasteiger partial charge >= 0.3 is 0 Å². The molecule has 0 atom stereocenters. The second kappa shape index (κ2) is 7.61. The van der Waals surface area contributed by atoms with E-state index in [1.54, 1.807) is 7.11 Å². The molecule has 3 nitrogen and oxygen atoms in total. The van der Waals surface area contributed by atoms with Gasteiger partial charge in [0.2, 0.25) is 0 Å². The molecule has 2 rings (SSSR count). The van der Waals surface area contributed by atoms with Gasteiger partial charge in [0.15, 0.2) is 0 Å². The quantitative estimate of drug-likeness (QED) is 0.723. The van der Waals surface area contributed by atoms with Crippen molar-refractivity contribution in [1.29, 1.82) is 0 Å². The molecule has 0 aliphatic carbocycles. The number of aryl methyl sites for hydroxylation is 1. The predicted molar refractivity (Wildman–Crippen MR) is 90.2 cm³/mol. The van der Waals surface area contributed by atoms with Crippen molar-refractivity contribution < 1.29 is 9.47 Å². The summed E-state index contributed by atoms with van der Waals surface area (Å²) >= 11 is 3.61. The monoisotopic (exact) mass is 355 g/mol. The molecule has 0 fully saturated rings. The fraction of sp³-hybridized carbons (Fsp3) is 0.647. The fourth-order valence-corrected chi connectivity index (χ4v) is 3.25. The molecule has 1 aromatic rings. The second-order valence-corrected chi connectivity index (χ2v) is 7.40. The number of ether oxygens (including phenoxy) is 2. The lowest BCUT2D eigenvalue weighted by Crippen LogP contribution is -2.32. The maximum atomic E-state index is 5.81. The predicted octanol–water partition coefficient (Wildman–Crippen LogP) is 3.58. The zero-order valence-electron chi connectivity index (χ0n) is 13.3. The van der Waals surface area contributed by atoms with Gasteiger partial charge in [-0.05, 0) is 41.5 Å². The van der Waals surface area contributed by atoms with E-state index in [9.17, 15) is 0 Å². The summed E-state index contributed by atoms with van der Waals surface area (Å²) in [5.74, 6) is 1.13. The van der Waals surface area contributed by atoms with Gasteiger partial charge in [-0.15, -0.1) is 0 Å².